The number of hydrogen-bond acceptors (Lipinski definition) is 6. The molecule has 1 aliphatic heterocycles. The van der Waals surface area contributed by atoms with Gasteiger partial charge in [0.1, 0.15) is 23.4 Å². The molecular weight excluding hydrogens is 389 g/mol. The van der Waals surface area contributed by atoms with Crippen LogP contribution < -0.4 is 10.6 Å². The Labute approximate surface area is 172 Å². The Morgan fingerprint density at radius 3 is 2.70 bits per heavy atom. The van der Waals surface area contributed by atoms with Crippen molar-refractivity contribution in [3.63, 3.8) is 0 Å². The maximum atomic E-state index is 13.2. The predicted octanol–water partition coefficient (Wildman–Crippen LogP) is 3.17. The van der Waals surface area contributed by atoms with E-state index < -0.39 is 6.04 Å². The molecule has 9 heteroatoms. The lowest BCUT2D eigenvalue weighted by Crippen LogP contribution is -2.31. The molecule has 1 aliphatic rings. The number of hydrogen-bond donors (Lipinski definition) is 3. The minimum atomic E-state index is -0.620. The zero-order chi connectivity index (χ0) is 21.3. The highest BCUT2D eigenvalue weighted by Gasteiger charge is 2.36. The first kappa shape index (κ1) is 19.8. The van der Waals surface area contributed by atoms with Crippen LogP contribution >= 0.6 is 0 Å². The SMILES string of the molecule is CC1=C(C(=O)Nc2ccc(F)cc2)C(c2ccc(C)o2)n2nc(CCCO)nc2N1. The van der Waals surface area contributed by atoms with Crippen LogP contribution in [0.4, 0.5) is 16.0 Å². The Morgan fingerprint density at radius 2 is 2.03 bits per heavy atom. The monoisotopic (exact) mass is 411 g/mol. The van der Waals surface area contributed by atoms with Crippen LogP contribution in [0.3, 0.4) is 0 Å². The number of fused-ring (bicyclic) bond motifs is 1. The molecule has 3 aromatic rings. The Balaban J connectivity index is 1.72. The van der Waals surface area contributed by atoms with E-state index in [1.807, 2.05) is 19.1 Å². The number of carbonyl (C=O) groups excluding carboxylic acids is 1. The second-order valence-electron chi connectivity index (χ2n) is 7.10. The lowest BCUT2D eigenvalue weighted by atomic mass is 10.00. The fourth-order valence-corrected chi connectivity index (χ4v) is 3.43. The minimum Gasteiger partial charge on any atom is -0.464 e. The van der Waals surface area contributed by atoms with Gasteiger partial charge in [0.25, 0.3) is 5.91 Å². The molecule has 1 aromatic carbocycles. The van der Waals surface area contributed by atoms with Gasteiger partial charge in [-0.3, -0.25) is 4.79 Å². The number of aromatic nitrogens is 3. The van der Waals surface area contributed by atoms with Crippen molar-refractivity contribution < 1.29 is 18.7 Å². The average molecular weight is 411 g/mol. The van der Waals surface area contributed by atoms with Crippen LogP contribution in [-0.4, -0.2) is 32.4 Å². The number of aliphatic hydroxyl groups is 1. The number of benzene rings is 1. The molecular formula is C21H22FN5O3. The number of furan rings is 1. The first-order valence-corrected chi connectivity index (χ1v) is 9.63. The molecule has 4 rings (SSSR count). The molecule has 1 unspecified atom stereocenters. The number of aryl methyl sites for hydroxylation is 2. The van der Waals surface area contributed by atoms with Crippen molar-refractivity contribution in [2.24, 2.45) is 0 Å². The molecule has 2 aromatic heterocycles. The minimum absolute atomic E-state index is 0.0424. The number of rotatable bonds is 6. The number of amides is 1. The fourth-order valence-electron chi connectivity index (χ4n) is 3.43. The summed E-state index contributed by atoms with van der Waals surface area (Å²) in [6, 6.07) is 8.58. The molecule has 0 bridgehead atoms. The first-order valence-electron chi connectivity index (χ1n) is 9.63. The van der Waals surface area contributed by atoms with Crippen molar-refractivity contribution in [2.75, 3.05) is 17.2 Å². The molecule has 3 N–H and O–H groups in total. The molecule has 0 fully saturated rings. The van der Waals surface area contributed by atoms with Crippen LogP contribution in [0.25, 0.3) is 0 Å². The molecule has 0 radical (unpaired) electrons. The number of anilines is 2. The lowest BCUT2D eigenvalue weighted by molar-refractivity contribution is -0.113. The topological polar surface area (TPSA) is 105 Å². The van der Waals surface area contributed by atoms with Gasteiger partial charge in [-0.2, -0.15) is 10.1 Å². The smallest absolute Gasteiger partial charge is 0.256 e. The summed E-state index contributed by atoms with van der Waals surface area (Å²) in [4.78, 5) is 17.7. The fraction of sp³-hybridized carbons (Fsp3) is 0.286. The van der Waals surface area contributed by atoms with Crippen molar-refractivity contribution in [3.05, 3.63) is 70.8 Å². The second-order valence-corrected chi connectivity index (χ2v) is 7.10. The van der Waals surface area contributed by atoms with Crippen LogP contribution in [0.5, 0.6) is 0 Å². The summed E-state index contributed by atoms with van der Waals surface area (Å²) < 4.78 is 20.7. The van der Waals surface area contributed by atoms with E-state index in [2.05, 4.69) is 20.7 Å². The number of aliphatic hydroxyl groups excluding tert-OH is 1. The summed E-state index contributed by atoms with van der Waals surface area (Å²) in [7, 11) is 0. The average Bonchev–Trinajstić information content (AvgIpc) is 3.32. The van der Waals surface area contributed by atoms with Gasteiger partial charge in [0.15, 0.2) is 5.82 Å². The maximum absolute atomic E-state index is 13.2. The van der Waals surface area contributed by atoms with Crippen LogP contribution in [0.15, 0.2) is 52.1 Å². The molecule has 1 atom stereocenters. The zero-order valence-corrected chi connectivity index (χ0v) is 16.6. The highest BCUT2D eigenvalue weighted by Crippen LogP contribution is 2.36. The maximum Gasteiger partial charge on any atom is 0.256 e. The van der Waals surface area contributed by atoms with Crippen LogP contribution in [0.2, 0.25) is 0 Å². The number of halogens is 1. The molecule has 8 nitrogen and oxygen atoms in total. The van der Waals surface area contributed by atoms with E-state index in [1.165, 1.54) is 24.3 Å². The summed E-state index contributed by atoms with van der Waals surface area (Å²) in [5.41, 5.74) is 1.51. The summed E-state index contributed by atoms with van der Waals surface area (Å²) in [5.74, 6) is 1.59. The van der Waals surface area contributed by atoms with Crippen LogP contribution in [-0.2, 0) is 11.2 Å². The van der Waals surface area contributed by atoms with Gasteiger partial charge >= 0.3 is 0 Å². The zero-order valence-electron chi connectivity index (χ0n) is 16.6. The largest absolute Gasteiger partial charge is 0.464 e. The van der Waals surface area contributed by atoms with Gasteiger partial charge in [-0.05, 0) is 56.7 Å². The first-order chi connectivity index (χ1) is 14.5. The number of nitrogens with zero attached hydrogens (tertiary/aromatic N) is 3. The highest BCUT2D eigenvalue weighted by atomic mass is 19.1. The lowest BCUT2D eigenvalue weighted by Gasteiger charge is -2.27. The Bertz CT molecular complexity index is 1100. The van der Waals surface area contributed by atoms with E-state index in [0.717, 1.165) is 0 Å². The van der Waals surface area contributed by atoms with Gasteiger partial charge in [-0.1, -0.05) is 0 Å². The van der Waals surface area contributed by atoms with E-state index in [1.54, 1.807) is 11.6 Å². The number of allylic oxidation sites excluding steroid dienone is 1. The number of nitrogens with one attached hydrogen (secondary N) is 2. The van der Waals surface area contributed by atoms with Crippen molar-refractivity contribution in [1.82, 2.24) is 14.8 Å². The third-order valence-electron chi connectivity index (χ3n) is 4.83. The highest BCUT2D eigenvalue weighted by molar-refractivity contribution is 6.05. The summed E-state index contributed by atoms with van der Waals surface area (Å²) in [6.45, 7) is 3.66. The van der Waals surface area contributed by atoms with E-state index in [-0.39, 0.29) is 18.3 Å². The van der Waals surface area contributed by atoms with E-state index >= 15 is 0 Å². The standard InChI is InChI=1S/C21H22FN5O3/c1-12-5-10-16(30-12)19-18(20(29)24-15-8-6-14(22)7-9-15)13(2)23-21-25-17(4-3-11-28)26-27(19)21/h5-10,19,28H,3-4,11H2,1-2H3,(H,24,29)(H,23,25,26). The predicted molar refractivity (Wildman–Crippen MR) is 108 cm³/mol. The van der Waals surface area contributed by atoms with E-state index in [4.69, 9.17) is 9.52 Å². The quantitative estimate of drug-likeness (QED) is 0.575. The van der Waals surface area contributed by atoms with Crippen molar-refractivity contribution in [2.45, 2.75) is 32.7 Å². The molecule has 0 saturated carbocycles. The number of carbonyl (C=O) groups is 1. The van der Waals surface area contributed by atoms with Crippen molar-refractivity contribution >= 4 is 17.5 Å². The third kappa shape index (κ3) is 3.84. The molecule has 3 heterocycles. The van der Waals surface area contributed by atoms with Crippen LogP contribution in [0, 0.1) is 12.7 Å². The van der Waals surface area contributed by atoms with E-state index in [9.17, 15) is 9.18 Å². The van der Waals surface area contributed by atoms with Gasteiger partial charge in [0.05, 0.1) is 5.57 Å². The van der Waals surface area contributed by atoms with Crippen molar-refractivity contribution in [1.29, 1.82) is 0 Å². The van der Waals surface area contributed by atoms with E-state index in [0.29, 0.717) is 53.1 Å². The molecule has 0 saturated heterocycles. The molecule has 1 amide bonds. The normalized spacial score (nSPS) is 15.7. The summed E-state index contributed by atoms with van der Waals surface area (Å²) >= 11 is 0. The third-order valence-corrected chi connectivity index (χ3v) is 4.83. The van der Waals surface area contributed by atoms with Crippen LogP contribution in [0.1, 0.15) is 36.7 Å². The second kappa shape index (κ2) is 8.11. The van der Waals surface area contributed by atoms with Gasteiger partial charge < -0.3 is 20.2 Å². The molecule has 156 valence electrons. The van der Waals surface area contributed by atoms with Gasteiger partial charge in [-0.25, -0.2) is 9.07 Å². The van der Waals surface area contributed by atoms with Gasteiger partial charge in [0.2, 0.25) is 5.95 Å². The van der Waals surface area contributed by atoms with Gasteiger partial charge in [0, 0.05) is 24.4 Å². The molecule has 30 heavy (non-hydrogen) atoms. The van der Waals surface area contributed by atoms with Gasteiger partial charge in [-0.15, -0.1) is 0 Å². The molecule has 0 spiro atoms. The Kier molecular flexibility index (Phi) is 5.37. The Morgan fingerprint density at radius 1 is 1.27 bits per heavy atom. The summed E-state index contributed by atoms with van der Waals surface area (Å²) in [6.07, 6.45) is 1.05. The molecule has 0 aliphatic carbocycles. The Hall–Kier alpha value is -3.46. The summed E-state index contributed by atoms with van der Waals surface area (Å²) in [5, 5.41) is 19.6. The van der Waals surface area contributed by atoms with Crippen molar-refractivity contribution in [3.8, 4) is 0 Å².